The molecule has 0 bridgehead atoms. The molecule has 2 aromatic carbocycles. The minimum atomic E-state index is -3.98. The molecule has 2 aromatic rings. The van der Waals surface area contributed by atoms with Gasteiger partial charge in [0.2, 0.25) is 22.2 Å². The van der Waals surface area contributed by atoms with Gasteiger partial charge in [-0.2, -0.15) is 4.72 Å². The van der Waals surface area contributed by atoms with Crippen LogP contribution in [0.5, 0.6) is 0 Å². The summed E-state index contributed by atoms with van der Waals surface area (Å²) >= 11 is 0. The Kier molecular flexibility index (Phi) is 7.86. The van der Waals surface area contributed by atoms with Gasteiger partial charge in [0.15, 0.2) is 0 Å². The Bertz CT molecular complexity index is 1060. The van der Waals surface area contributed by atoms with E-state index in [4.69, 9.17) is 9.47 Å². The minimum Gasteiger partial charge on any atom is -0.434 e. The second-order valence-corrected chi connectivity index (χ2v) is 10.1. The summed E-state index contributed by atoms with van der Waals surface area (Å²) in [6.45, 7) is 5.53. The molecule has 1 unspecified atom stereocenters. The summed E-state index contributed by atoms with van der Waals surface area (Å²) < 4.78 is 39.8. The summed E-state index contributed by atoms with van der Waals surface area (Å²) in [7, 11) is -3.98. The maximum absolute atomic E-state index is 13.3. The van der Waals surface area contributed by atoms with Gasteiger partial charge >= 0.3 is 5.97 Å². The predicted molar refractivity (Wildman–Crippen MR) is 120 cm³/mol. The van der Waals surface area contributed by atoms with E-state index in [9.17, 15) is 18.0 Å². The van der Waals surface area contributed by atoms with Crippen LogP contribution in [0.3, 0.4) is 0 Å². The van der Waals surface area contributed by atoms with Crippen molar-refractivity contribution in [3.05, 3.63) is 42.5 Å². The smallest absolute Gasteiger partial charge is 0.305 e. The number of sulfonamides is 1. The van der Waals surface area contributed by atoms with Crippen molar-refractivity contribution in [2.45, 2.75) is 63.3 Å². The van der Waals surface area contributed by atoms with Crippen LogP contribution in [-0.4, -0.2) is 45.3 Å². The topological polar surface area (TPSA) is 111 Å². The Morgan fingerprint density at radius 2 is 1.88 bits per heavy atom. The van der Waals surface area contributed by atoms with E-state index in [1.807, 2.05) is 32.0 Å². The quantitative estimate of drug-likeness (QED) is 0.584. The number of hydrogen-bond acceptors (Lipinski definition) is 6. The van der Waals surface area contributed by atoms with E-state index < -0.39 is 40.3 Å². The van der Waals surface area contributed by atoms with Crippen LogP contribution < -0.4 is 10.0 Å². The third-order valence-electron chi connectivity index (χ3n) is 5.24. The molecule has 1 aliphatic heterocycles. The van der Waals surface area contributed by atoms with Crippen LogP contribution in [0.1, 0.15) is 40.0 Å². The molecule has 3 atom stereocenters. The van der Waals surface area contributed by atoms with Crippen LogP contribution in [0.4, 0.5) is 0 Å². The van der Waals surface area contributed by atoms with Crippen LogP contribution in [0.15, 0.2) is 47.4 Å². The fraction of sp³-hybridized carbons (Fsp3) is 0.478. The molecule has 2 N–H and O–H groups in total. The molecule has 8 nitrogen and oxygen atoms in total. The number of fused-ring (bicyclic) bond motifs is 1. The van der Waals surface area contributed by atoms with Crippen LogP contribution in [0.2, 0.25) is 0 Å². The van der Waals surface area contributed by atoms with Gasteiger partial charge < -0.3 is 14.8 Å². The lowest BCUT2D eigenvalue weighted by atomic mass is 10.0. The highest BCUT2D eigenvalue weighted by molar-refractivity contribution is 7.89. The second kappa shape index (κ2) is 10.4. The van der Waals surface area contributed by atoms with Crippen molar-refractivity contribution in [3.8, 4) is 0 Å². The van der Waals surface area contributed by atoms with E-state index in [1.165, 1.54) is 13.0 Å². The van der Waals surface area contributed by atoms with E-state index in [1.54, 1.807) is 18.2 Å². The number of ether oxygens (including phenoxy) is 2. The first-order chi connectivity index (χ1) is 15.2. The molecule has 174 valence electrons. The molecule has 32 heavy (non-hydrogen) atoms. The number of nitrogens with one attached hydrogen (secondary N) is 2. The number of hydrogen-bond donors (Lipinski definition) is 2. The highest BCUT2D eigenvalue weighted by atomic mass is 32.2. The highest BCUT2D eigenvalue weighted by Gasteiger charge is 2.34. The van der Waals surface area contributed by atoms with Crippen molar-refractivity contribution in [2.24, 2.45) is 5.92 Å². The molecule has 0 aromatic heterocycles. The van der Waals surface area contributed by atoms with Crippen LogP contribution in [-0.2, 0) is 29.1 Å². The van der Waals surface area contributed by atoms with Gasteiger partial charge in [-0.1, -0.05) is 50.2 Å². The van der Waals surface area contributed by atoms with Gasteiger partial charge in [-0.05, 0) is 36.6 Å². The lowest BCUT2D eigenvalue weighted by molar-refractivity contribution is -0.192. The van der Waals surface area contributed by atoms with Crippen LogP contribution in [0.25, 0.3) is 10.8 Å². The normalized spacial score (nSPS) is 20.1. The van der Waals surface area contributed by atoms with Gasteiger partial charge in [0, 0.05) is 12.3 Å². The Morgan fingerprint density at radius 1 is 1.16 bits per heavy atom. The number of carbonyl (C=O) groups excluding carboxylic acids is 2. The number of rotatable bonds is 8. The van der Waals surface area contributed by atoms with Crippen molar-refractivity contribution in [1.82, 2.24) is 10.0 Å². The number of esters is 1. The third-order valence-corrected chi connectivity index (χ3v) is 6.77. The molecule has 0 saturated carbocycles. The molecule has 1 fully saturated rings. The van der Waals surface area contributed by atoms with E-state index in [0.29, 0.717) is 31.3 Å². The van der Waals surface area contributed by atoms with Crippen molar-refractivity contribution in [1.29, 1.82) is 0 Å². The van der Waals surface area contributed by atoms with Crippen molar-refractivity contribution in [2.75, 3.05) is 6.61 Å². The van der Waals surface area contributed by atoms with E-state index in [2.05, 4.69) is 10.0 Å². The molecule has 0 radical (unpaired) electrons. The van der Waals surface area contributed by atoms with Crippen LogP contribution in [0, 0.1) is 5.92 Å². The molecule has 1 amide bonds. The second-order valence-electron chi connectivity index (χ2n) is 8.39. The maximum Gasteiger partial charge on any atom is 0.305 e. The van der Waals surface area contributed by atoms with Gasteiger partial charge in [0.1, 0.15) is 6.04 Å². The first kappa shape index (κ1) is 24.2. The lowest BCUT2D eigenvalue weighted by Crippen LogP contribution is -2.55. The summed E-state index contributed by atoms with van der Waals surface area (Å²) in [5, 5.41) is 4.20. The number of carbonyl (C=O) groups is 2. The molecular formula is C23H30N2O6S. The van der Waals surface area contributed by atoms with E-state index in [-0.39, 0.29) is 10.8 Å². The first-order valence-electron chi connectivity index (χ1n) is 10.8. The van der Waals surface area contributed by atoms with Crippen molar-refractivity contribution < 1.29 is 27.5 Å². The summed E-state index contributed by atoms with van der Waals surface area (Å²) in [5.74, 6) is -0.922. The Labute approximate surface area is 188 Å². The van der Waals surface area contributed by atoms with Gasteiger partial charge in [0.25, 0.3) is 0 Å². The van der Waals surface area contributed by atoms with Gasteiger partial charge in [-0.15, -0.1) is 0 Å². The molecule has 9 heteroatoms. The molecule has 1 aliphatic rings. The lowest BCUT2D eigenvalue weighted by Gasteiger charge is -2.32. The SMILES string of the molecule is CC(=O)OC1OCCC[C@@H]1NC(=O)[C@H](CC(C)C)NS(=O)(=O)c1cccc2ccccc12. The Morgan fingerprint density at radius 3 is 2.59 bits per heavy atom. The summed E-state index contributed by atoms with van der Waals surface area (Å²) in [5.41, 5.74) is 0. The van der Waals surface area contributed by atoms with Gasteiger partial charge in [-0.25, -0.2) is 8.42 Å². The minimum absolute atomic E-state index is 0.0628. The molecular weight excluding hydrogens is 432 g/mol. The van der Waals surface area contributed by atoms with Crippen molar-refractivity contribution in [3.63, 3.8) is 0 Å². The standard InChI is InChI=1S/C23H30N2O6S/c1-15(2)14-20(22(27)24-19-11-7-13-30-23(19)31-16(3)26)25-32(28,29)21-12-6-9-17-8-4-5-10-18(17)21/h4-6,8-10,12,15,19-20,23,25H,7,11,13-14H2,1-3H3,(H,24,27)/t19-,20-,23?/m0/s1. The maximum atomic E-state index is 13.3. The van der Waals surface area contributed by atoms with E-state index >= 15 is 0 Å². The average molecular weight is 463 g/mol. The van der Waals surface area contributed by atoms with E-state index in [0.717, 1.165) is 5.39 Å². The predicted octanol–water partition coefficient (Wildman–Crippen LogP) is 2.72. The highest BCUT2D eigenvalue weighted by Crippen LogP contribution is 2.24. The summed E-state index contributed by atoms with van der Waals surface area (Å²) in [6, 6.07) is 10.7. The Hall–Kier alpha value is -2.49. The zero-order valence-electron chi connectivity index (χ0n) is 18.5. The largest absolute Gasteiger partial charge is 0.434 e. The van der Waals surface area contributed by atoms with Crippen LogP contribution >= 0.6 is 0 Å². The monoisotopic (exact) mass is 462 g/mol. The molecule has 0 aliphatic carbocycles. The molecule has 1 saturated heterocycles. The fourth-order valence-corrected chi connectivity index (χ4v) is 5.26. The van der Waals surface area contributed by atoms with Gasteiger partial charge in [0.05, 0.1) is 17.5 Å². The molecule has 1 heterocycles. The zero-order valence-corrected chi connectivity index (χ0v) is 19.4. The summed E-state index contributed by atoms with van der Waals surface area (Å²) in [4.78, 5) is 24.6. The Balaban J connectivity index is 1.82. The van der Waals surface area contributed by atoms with Crippen molar-refractivity contribution >= 4 is 32.7 Å². The number of amides is 1. The molecule has 0 spiro atoms. The fourth-order valence-electron chi connectivity index (χ4n) is 3.82. The first-order valence-corrected chi connectivity index (χ1v) is 12.2. The number of benzene rings is 2. The zero-order chi connectivity index (χ0) is 23.3. The average Bonchev–Trinajstić information content (AvgIpc) is 2.73. The van der Waals surface area contributed by atoms with Gasteiger partial charge in [-0.3, -0.25) is 9.59 Å². The molecule has 3 rings (SSSR count). The third kappa shape index (κ3) is 6.05. The summed E-state index contributed by atoms with van der Waals surface area (Å²) in [6.07, 6.45) is 0.675.